The molecule has 24 heavy (non-hydrogen) atoms. The molecule has 1 N–H and O–H groups in total. The van der Waals surface area contributed by atoms with E-state index in [9.17, 15) is 9.59 Å². The van der Waals surface area contributed by atoms with Crippen molar-refractivity contribution in [1.29, 1.82) is 5.26 Å². The minimum absolute atomic E-state index is 0.355. The van der Waals surface area contributed by atoms with Gasteiger partial charge in [-0.2, -0.15) is 5.26 Å². The number of carbonyl (C=O) groups excluding carboxylic acids is 2. The fourth-order valence-corrected chi connectivity index (χ4v) is 2.34. The van der Waals surface area contributed by atoms with Crippen LogP contribution < -0.4 is 5.32 Å². The van der Waals surface area contributed by atoms with Gasteiger partial charge in [0.05, 0.1) is 17.2 Å². The third-order valence-corrected chi connectivity index (χ3v) is 3.56. The summed E-state index contributed by atoms with van der Waals surface area (Å²) in [7, 11) is 0. The maximum Gasteiger partial charge on any atom is 0.313 e. The number of amides is 1. The number of anilines is 1. The monoisotopic (exact) mass is 322 g/mol. The first-order valence-electron chi connectivity index (χ1n) is 7.66. The van der Waals surface area contributed by atoms with Crippen molar-refractivity contribution in [2.75, 3.05) is 11.9 Å². The molecular formula is C19H18N2O3. The summed E-state index contributed by atoms with van der Waals surface area (Å²) >= 11 is 0. The van der Waals surface area contributed by atoms with E-state index in [2.05, 4.69) is 5.32 Å². The third-order valence-electron chi connectivity index (χ3n) is 3.56. The highest BCUT2D eigenvalue weighted by molar-refractivity contribution is 5.94. The zero-order valence-corrected chi connectivity index (χ0v) is 13.4. The molecule has 0 spiro atoms. The van der Waals surface area contributed by atoms with Gasteiger partial charge < -0.3 is 10.1 Å². The van der Waals surface area contributed by atoms with Crippen LogP contribution in [-0.2, 0) is 14.3 Å². The van der Waals surface area contributed by atoms with Gasteiger partial charge in [-0.05, 0) is 24.1 Å². The molecule has 5 nitrogen and oxygen atoms in total. The summed E-state index contributed by atoms with van der Waals surface area (Å²) in [5, 5.41) is 11.6. The second-order valence-electron chi connectivity index (χ2n) is 5.18. The number of esters is 1. The molecule has 1 amide bonds. The van der Waals surface area contributed by atoms with Crippen LogP contribution >= 0.6 is 0 Å². The molecule has 0 radical (unpaired) electrons. The average Bonchev–Trinajstić information content (AvgIpc) is 2.62. The molecule has 0 aromatic heterocycles. The summed E-state index contributed by atoms with van der Waals surface area (Å²) in [4.78, 5) is 24.1. The smallest absolute Gasteiger partial charge is 0.313 e. The van der Waals surface area contributed by atoms with Crippen LogP contribution in [0.15, 0.2) is 54.6 Å². The Morgan fingerprint density at radius 1 is 1.12 bits per heavy atom. The Balaban J connectivity index is 1.93. The lowest BCUT2D eigenvalue weighted by atomic mass is 9.97. The fourth-order valence-electron chi connectivity index (χ4n) is 2.34. The zero-order valence-electron chi connectivity index (χ0n) is 13.4. The van der Waals surface area contributed by atoms with Gasteiger partial charge in [-0.1, -0.05) is 49.4 Å². The quantitative estimate of drug-likeness (QED) is 0.828. The van der Waals surface area contributed by atoms with Gasteiger partial charge in [0, 0.05) is 0 Å². The molecule has 0 bridgehead atoms. The summed E-state index contributed by atoms with van der Waals surface area (Å²) < 4.78 is 5.12. The lowest BCUT2D eigenvalue weighted by molar-refractivity contribution is -0.149. The maximum atomic E-state index is 12.2. The molecule has 0 saturated heterocycles. The van der Waals surface area contributed by atoms with E-state index >= 15 is 0 Å². The number of carbonyl (C=O) groups is 2. The van der Waals surface area contributed by atoms with Gasteiger partial charge in [0.1, 0.15) is 6.07 Å². The predicted octanol–water partition coefficient (Wildman–Crippen LogP) is 3.23. The molecule has 122 valence electrons. The molecule has 5 heteroatoms. The van der Waals surface area contributed by atoms with Crippen molar-refractivity contribution in [2.45, 2.75) is 19.3 Å². The van der Waals surface area contributed by atoms with Gasteiger partial charge in [-0.3, -0.25) is 9.59 Å². The number of nitrogens with one attached hydrogen (secondary N) is 1. The first-order chi connectivity index (χ1) is 11.7. The second kappa shape index (κ2) is 8.49. The summed E-state index contributed by atoms with van der Waals surface area (Å²) in [6.45, 7) is 1.50. The van der Waals surface area contributed by atoms with E-state index in [1.807, 2.05) is 43.3 Å². The Bertz CT molecular complexity index is 751. The lowest BCUT2D eigenvalue weighted by Gasteiger charge is -2.14. The molecule has 2 rings (SSSR count). The van der Waals surface area contributed by atoms with Crippen molar-refractivity contribution in [1.82, 2.24) is 0 Å². The Morgan fingerprint density at radius 3 is 2.46 bits per heavy atom. The lowest BCUT2D eigenvalue weighted by Crippen LogP contribution is -2.24. The van der Waals surface area contributed by atoms with E-state index in [0.717, 1.165) is 5.56 Å². The predicted molar refractivity (Wildman–Crippen MR) is 90.2 cm³/mol. The fraction of sp³-hybridized carbons (Fsp3) is 0.211. The van der Waals surface area contributed by atoms with Crippen LogP contribution in [0.1, 0.15) is 30.4 Å². The largest absolute Gasteiger partial charge is 0.455 e. The van der Waals surface area contributed by atoms with E-state index in [4.69, 9.17) is 10.00 Å². The van der Waals surface area contributed by atoms with E-state index in [-0.39, 0.29) is 6.61 Å². The summed E-state index contributed by atoms with van der Waals surface area (Å²) in [5.41, 5.74) is 1.62. The van der Waals surface area contributed by atoms with Crippen LogP contribution in [0, 0.1) is 11.3 Å². The van der Waals surface area contributed by atoms with Crippen LogP contribution in [0.3, 0.4) is 0 Å². The number of rotatable bonds is 6. The zero-order chi connectivity index (χ0) is 17.4. The van der Waals surface area contributed by atoms with Crippen molar-refractivity contribution in [3.8, 4) is 6.07 Å². The van der Waals surface area contributed by atoms with Crippen molar-refractivity contribution in [2.24, 2.45) is 0 Å². The van der Waals surface area contributed by atoms with Crippen LogP contribution in [0.5, 0.6) is 0 Å². The van der Waals surface area contributed by atoms with Crippen molar-refractivity contribution in [3.05, 3.63) is 65.7 Å². The highest BCUT2D eigenvalue weighted by Crippen LogP contribution is 2.20. The number of benzene rings is 2. The molecule has 0 aliphatic heterocycles. The highest BCUT2D eigenvalue weighted by atomic mass is 16.5. The van der Waals surface area contributed by atoms with Crippen molar-refractivity contribution >= 4 is 17.6 Å². The SMILES string of the molecule is CC[C@@H](C(=O)OCC(=O)Nc1ccccc1C#N)c1ccccc1. The van der Waals surface area contributed by atoms with Gasteiger partial charge in [0.2, 0.25) is 0 Å². The Kier molecular flexibility index (Phi) is 6.09. The molecule has 0 heterocycles. The molecule has 1 atom stereocenters. The number of nitriles is 1. The van der Waals surface area contributed by atoms with E-state index in [1.54, 1.807) is 24.3 Å². The molecule has 0 aliphatic rings. The van der Waals surface area contributed by atoms with Crippen LogP contribution in [-0.4, -0.2) is 18.5 Å². The average molecular weight is 322 g/mol. The number of nitrogens with zero attached hydrogens (tertiary/aromatic N) is 1. The second-order valence-corrected chi connectivity index (χ2v) is 5.18. The van der Waals surface area contributed by atoms with E-state index < -0.39 is 17.8 Å². The first kappa shape index (κ1) is 17.2. The van der Waals surface area contributed by atoms with E-state index in [1.165, 1.54) is 0 Å². The molecular weight excluding hydrogens is 304 g/mol. The maximum absolute atomic E-state index is 12.2. The number of ether oxygens (including phenoxy) is 1. The summed E-state index contributed by atoms with van der Waals surface area (Å²) in [6, 6.07) is 17.9. The van der Waals surface area contributed by atoms with Crippen LogP contribution in [0.4, 0.5) is 5.69 Å². The van der Waals surface area contributed by atoms with Gasteiger partial charge in [0.15, 0.2) is 6.61 Å². The van der Waals surface area contributed by atoms with E-state index in [0.29, 0.717) is 17.7 Å². The van der Waals surface area contributed by atoms with Crippen molar-refractivity contribution in [3.63, 3.8) is 0 Å². The van der Waals surface area contributed by atoms with Crippen LogP contribution in [0.25, 0.3) is 0 Å². The molecule has 0 aliphatic carbocycles. The van der Waals surface area contributed by atoms with Gasteiger partial charge >= 0.3 is 5.97 Å². The Labute approximate surface area is 140 Å². The minimum atomic E-state index is -0.478. The Morgan fingerprint density at radius 2 is 1.79 bits per heavy atom. The Hall–Kier alpha value is -3.13. The number of hydrogen-bond acceptors (Lipinski definition) is 4. The molecule has 2 aromatic carbocycles. The molecule has 2 aromatic rings. The van der Waals surface area contributed by atoms with Crippen molar-refractivity contribution < 1.29 is 14.3 Å². The molecule has 0 fully saturated rings. The van der Waals surface area contributed by atoms with Gasteiger partial charge in [-0.15, -0.1) is 0 Å². The van der Waals surface area contributed by atoms with Crippen LogP contribution in [0.2, 0.25) is 0 Å². The highest BCUT2D eigenvalue weighted by Gasteiger charge is 2.21. The number of hydrogen-bond donors (Lipinski definition) is 1. The normalized spacial score (nSPS) is 11.2. The number of para-hydroxylation sites is 1. The molecule has 0 unspecified atom stereocenters. The third kappa shape index (κ3) is 4.43. The minimum Gasteiger partial charge on any atom is -0.455 e. The first-order valence-corrected chi connectivity index (χ1v) is 7.66. The summed E-state index contributed by atoms with van der Waals surface area (Å²) in [5.74, 6) is -1.31. The standard InChI is InChI=1S/C19H18N2O3/c1-2-16(14-8-4-3-5-9-14)19(23)24-13-18(22)21-17-11-7-6-10-15(17)12-20/h3-11,16H,2,13H2,1H3,(H,21,22)/t16-/m1/s1. The molecule has 0 saturated carbocycles. The van der Waals surface area contributed by atoms with Gasteiger partial charge in [0.25, 0.3) is 5.91 Å². The topological polar surface area (TPSA) is 79.2 Å². The summed E-state index contributed by atoms with van der Waals surface area (Å²) in [6.07, 6.45) is 0.585. The van der Waals surface area contributed by atoms with Gasteiger partial charge in [-0.25, -0.2) is 0 Å².